The van der Waals surface area contributed by atoms with E-state index in [1.54, 1.807) is 59.5 Å². The molecule has 2 aromatic carbocycles. The zero-order valence-electron chi connectivity index (χ0n) is 25.0. The van der Waals surface area contributed by atoms with E-state index in [0.29, 0.717) is 41.3 Å². The molecule has 0 atom stereocenters. The highest BCUT2D eigenvalue weighted by Crippen LogP contribution is 2.38. The first-order valence-electron chi connectivity index (χ1n) is 14.1. The predicted octanol–water partition coefficient (Wildman–Crippen LogP) is 5.64. The van der Waals surface area contributed by atoms with Crippen molar-refractivity contribution in [2.75, 3.05) is 30.0 Å². The normalized spacial score (nSPS) is 12.6. The van der Waals surface area contributed by atoms with E-state index in [1.807, 2.05) is 22.9 Å². The van der Waals surface area contributed by atoms with Gasteiger partial charge < -0.3 is 25.6 Å². The zero-order valence-corrected chi connectivity index (χ0v) is 27.4. The maximum absolute atomic E-state index is 13.3. The number of esters is 1. The Morgan fingerprint density at radius 1 is 1.02 bits per heavy atom. The van der Waals surface area contributed by atoms with Crippen molar-refractivity contribution in [1.82, 2.24) is 10.2 Å². The van der Waals surface area contributed by atoms with E-state index in [4.69, 9.17) is 4.74 Å². The summed E-state index contributed by atoms with van der Waals surface area (Å²) in [5.74, 6) is -1.78. The lowest BCUT2D eigenvalue weighted by atomic mass is 10.0. The summed E-state index contributed by atoms with van der Waals surface area (Å²) < 4.78 is 4.99. The molecule has 0 spiro atoms. The highest BCUT2D eigenvalue weighted by molar-refractivity contribution is 8.00. The van der Waals surface area contributed by atoms with Gasteiger partial charge in [-0.05, 0) is 70.8 Å². The van der Waals surface area contributed by atoms with E-state index < -0.39 is 17.8 Å². The number of thioether (sulfide) groups is 1. The molecule has 46 heavy (non-hydrogen) atoms. The Hall–Kier alpha value is -4.72. The molecule has 3 heterocycles. The van der Waals surface area contributed by atoms with Gasteiger partial charge in [-0.3, -0.25) is 19.2 Å². The van der Waals surface area contributed by atoms with Gasteiger partial charge in [-0.1, -0.05) is 24.3 Å². The number of methoxy groups -OCH3 is 1. The second kappa shape index (κ2) is 15.0. The molecule has 4 aromatic rings. The second-order valence-corrected chi connectivity index (χ2v) is 13.1. The van der Waals surface area contributed by atoms with Crippen LogP contribution < -0.4 is 16.0 Å². The van der Waals surface area contributed by atoms with Gasteiger partial charge in [-0.15, -0.1) is 23.1 Å². The number of thiophene rings is 2. The number of amides is 4. The summed E-state index contributed by atoms with van der Waals surface area (Å²) in [6.07, 6.45) is 2.11. The molecule has 0 saturated carbocycles. The number of fused-ring (bicyclic) bond motifs is 1. The van der Waals surface area contributed by atoms with Gasteiger partial charge in [0.25, 0.3) is 11.8 Å². The van der Waals surface area contributed by atoms with E-state index in [2.05, 4.69) is 16.0 Å². The summed E-state index contributed by atoms with van der Waals surface area (Å²) in [5, 5.41) is 12.5. The first-order valence-corrected chi connectivity index (χ1v) is 16.9. The molecule has 1 aliphatic rings. The minimum absolute atomic E-state index is 0.0383. The summed E-state index contributed by atoms with van der Waals surface area (Å²) in [7, 11) is 1.29. The van der Waals surface area contributed by atoms with Crippen LogP contribution in [0.4, 0.5) is 10.7 Å². The third-order valence-corrected chi connectivity index (χ3v) is 9.82. The number of carbonyl (C=O) groups excluding carboxylic acids is 5. The van der Waals surface area contributed by atoms with Gasteiger partial charge in [0.05, 0.1) is 25.0 Å². The molecule has 1 aliphatic heterocycles. The predicted molar refractivity (Wildman–Crippen MR) is 181 cm³/mol. The highest BCUT2D eigenvalue weighted by Gasteiger charge is 2.30. The number of nitrogens with one attached hydrogen (secondary N) is 3. The molecular weight excluding hydrogens is 645 g/mol. The van der Waals surface area contributed by atoms with Crippen molar-refractivity contribution >= 4 is 80.8 Å². The van der Waals surface area contributed by atoms with Gasteiger partial charge in [-0.2, -0.15) is 11.3 Å². The quantitative estimate of drug-likeness (QED) is 0.113. The average molecular weight is 675 g/mol. The van der Waals surface area contributed by atoms with E-state index in [9.17, 15) is 24.0 Å². The van der Waals surface area contributed by atoms with Crippen LogP contribution in [-0.4, -0.2) is 53.9 Å². The topological polar surface area (TPSA) is 134 Å². The Balaban J connectivity index is 1.24. The standard InChI is InChI=1S/C33H30N4O6S3/c1-20(38)37-13-11-25-27(17-37)46-32(29(25)33(42)43-2)36-28(39)19-45-24-10-6-9-23(16-24)34-31(41)26(15-21-12-14-44-18-21)35-30(40)22-7-4-3-5-8-22/h3-10,12,14-16,18H,11,13,17,19H2,1-2H3,(H,34,41)(H,35,40)(H,36,39)/b26-15-. The molecule has 0 bridgehead atoms. The Morgan fingerprint density at radius 3 is 2.54 bits per heavy atom. The molecule has 0 radical (unpaired) electrons. The van der Waals surface area contributed by atoms with Crippen molar-refractivity contribution in [3.63, 3.8) is 0 Å². The van der Waals surface area contributed by atoms with Crippen LogP contribution in [0.5, 0.6) is 0 Å². The van der Waals surface area contributed by atoms with Crippen molar-refractivity contribution in [2.45, 2.75) is 24.8 Å². The fourth-order valence-electron chi connectivity index (χ4n) is 4.72. The molecule has 10 nitrogen and oxygen atoms in total. The van der Waals surface area contributed by atoms with Crippen molar-refractivity contribution in [2.24, 2.45) is 0 Å². The van der Waals surface area contributed by atoms with Crippen molar-refractivity contribution in [3.05, 3.63) is 104 Å². The van der Waals surface area contributed by atoms with Gasteiger partial charge in [0.1, 0.15) is 10.7 Å². The highest BCUT2D eigenvalue weighted by atomic mass is 32.2. The maximum atomic E-state index is 13.3. The van der Waals surface area contributed by atoms with Gasteiger partial charge in [0.15, 0.2) is 0 Å². The van der Waals surface area contributed by atoms with Crippen LogP contribution in [0.2, 0.25) is 0 Å². The first-order chi connectivity index (χ1) is 22.2. The summed E-state index contributed by atoms with van der Waals surface area (Å²) >= 11 is 4.00. The van der Waals surface area contributed by atoms with Crippen LogP contribution >= 0.6 is 34.4 Å². The first kappa shape index (κ1) is 32.7. The Morgan fingerprint density at radius 2 is 1.83 bits per heavy atom. The van der Waals surface area contributed by atoms with Crippen LogP contribution in [0.15, 0.2) is 82.0 Å². The number of anilines is 2. The van der Waals surface area contributed by atoms with Crippen LogP contribution in [0, 0.1) is 0 Å². The van der Waals surface area contributed by atoms with E-state index in [-0.39, 0.29) is 23.3 Å². The van der Waals surface area contributed by atoms with Gasteiger partial charge in [0, 0.05) is 34.5 Å². The maximum Gasteiger partial charge on any atom is 0.341 e. The summed E-state index contributed by atoms with van der Waals surface area (Å²) in [5.41, 5.74) is 2.89. The molecule has 0 saturated heterocycles. The monoisotopic (exact) mass is 674 g/mol. The molecule has 0 fully saturated rings. The van der Waals surface area contributed by atoms with Crippen LogP contribution in [0.1, 0.15) is 43.6 Å². The van der Waals surface area contributed by atoms with Crippen molar-refractivity contribution in [3.8, 4) is 0 Å². The zero-order chi connectivity index (χ0) is 32.6. The number of hydrogen-bond acceptors (Lipinski definition) is 9. The fraction of sp³-hybridized carbons (Fsp3) is 0.182. The molecule has 3 N–H and O–H groups in total. The van der Waals surface area contributed by atoms with Gasteiger partial charge in [-0.25, -0.2) is 4.79 Å². The van der Waals surface area contributed by atoms with Crippen LogP contribution in [-0.2, 0) is 32.1 Å². The van der Waals surface area contributed by atoms with E-state index in [1.165, 1.54) is 48.5 Å². The minimum atomic E-state index is -0.535. The van der Waals surface area contributed by atoms with E-state index in [0.717, 1.165) is 20.9 Å². The Labute approximate surface area is 277 Å². The molecule has 4 amide bonds. The van der Waals surface area contributed by atoms with Crippen LogP contribution in [0.25, 0.3) is 6.08 Å². The number of rotatable bonds is 10. The van der Waals surface area contributed by atoms with Gasteiger partial charge in [0.2, 0.25) is 11.8 Å². The lowest BCUT2D eigenvalue weighted by Crippen LogP contribution is -2.33. The lowest BCUT2D eigenvalue weighted by Gasteiger charge is -2.25. The third kappa shape index (κ3) is 8.10. The molecule has 2 aromatic heterocycles. The number of carbonyl (C=O) groups is 5. The molecule has 5 rings (SSSR count). The Kier molecular flexibility index (Phi) is 10.7. The molecule has 0 aliphatic carbocycles. The largest absolute Gasteiger partial charge is 0.465 e. The second-order valence-electron chi connectivity index (χ2n) is 10.1. The number of ether oxygens (including phenoxy) is 1. The number of hydrogen-bond donors (Lipinski definition) is 3. The summed E-state index contributed by atoms with van der Waals surface area (Å²) in [4.78, 5) is 66.9. The summed E-state index contributed by atoms with van der Waals surface area (Å²) in [6.45, 7) is 2.37. The minimum Gasteiger partial charge on any atom is -0.465 e. The SMILES string of the molecule is COC(=O)c1c(NC(=O)CSc2cccc(NC(=O)/C(=C/c3ccsc3)NC(=O)c3ccccc3)c2)sc2c1CCN(C(C)=O)C2. The third-order valence-electron chi connectivity index (χ3n) is 6.99. The average Bonchev–Trinajstić information content (AvgIpc) is 3.70. The molecule has 13 heteroatoms. The van der Waals surface area contributed by atoms with E-state index >= 15 is 0 Å². The fourth-order valence-corrected chi connectivity index (χ4v) is 7.36. The smallest absolute Gasteiger partial charge is 0.341 e. The number of nitrogens with zero attached hydrogens (tertiary/aromatic N) is 1. The summed E-state index contributed by atoms with van der Waals surface area (Å²) in [6, 6.07) is 17.5. The number of benzene rings is 2. The van der Waals surface area contributed by atoms with Crippen LogP contribution in [0.3, 0.4) is 0 Å². The van der Waals surface area contributed by atoms with Crippen molar-refractivity contribution < 1.29 is 28.7 Å². The molecule has 0 unspecified atom stereocenters. The van der Waals surface area contributed by atoms with Crippen molar-refractivity contribution in [1.29, 1.82) is 0 Å². The molecule has 236 valence electrons. The lowest BCUT2D eigenvalue weighted by molar-refractivity contribution is -0.129. The Bertz CT molecular complexity index is 1800. The van der Waals surface area contributed by atoms with Gasteiger partial charge >= 0.3 is 5.97 Å². The molecular formula is C33H30N4O6S3.